The molecule has 2 amide bonds. The number of H-pyrrole nitrogens is 1. The van der Waals surface area contributed by atoms with E-state index in [1.165, 1.54) is 11.3 Å². The Hall–Kier alpha value is -1.45. The number of carbonyl (C=O) groups is 1. The summed E-state index contributed by atoms with van der Waals surface area (Å²) >= 11 is 0. The Kier molecular flexibility index (Phi) is 3.17. The third kappa shape index (κ3) is 1.92. The second-order valence-electron chi connectivity index (χ2n) is 4.11. The van der Waals surface area contributed by atoms with Crippen molar-refractivity contribution in [3.8, 4) is 0 Å². The van der Waals surface area contributed by atoms with Gasteiger partial charge in [0.2, 0.25) is 0 Å². The highest BCUT2D eigenvalue weighted by atomic mass is 16.2. The fourth-order valence-corrected chi connectivity index (χ4v) is 2.21. The number of nitrogens with one attached hydrogen (secondary N) is 1. The zero-order valence-electron chi connectivity index (χ0n) is 9.99. The molecule has 16 heavy (non-hydrogen) atoms. The molecule has 88 valence electrons. The van der Waals surface area contributed by atoms with Crippen molar-refractivity contribution in [3.63, 3.8) is 0 Å². The van der Waals surface area contributed by atoms with E-state index in [4.69, 9.17) is 0 Å². The van der Waals surface area contributed by atoms with Crippen molar-refractivity contribution in [2.24, 2.45) is 0 Å². The number of carbonyl (C=O) groups excluding carboxylic acids is 1. The quantitative estimate of drug-likeness (QED) is 0.813. The predicted molar refractivity (Wildman–Crippen MR) is 63.2 cm³/mol. The standard InChI is InChI=1S/C12H19N3O/c1-3-14(4-2)12(16)15-8-6-11-10(9-15)5-7-13-11/h5,7,13H,3-4,6,8-9H2,1-2H3. The first-order valence-electron chi connectivity index (χ1n) is 5.95. The summed E-state index contributed by atoms with van der Waals surface area (Å²) in [5.74, 6) is 0. The molecule has 0 saturated heterocycles. The third-order valence-electron chi connectivity index (χ3n) is 3.23. The summed E-state index contributed by atoms with van der Waals surface area (Å²) in [4.78, 5) is 19.2. The van der Waals surface area contributed by atoms with Crippen LogP contribution in [-0.4, -0.2) is 40.4 Å². The van der Waals surface area contributed by atoms with E-state index in [1.807, 2.05) is 29.8 Å². The van der Waals surface area contributed by atoms with Crippen LogP contribution in [0.25, 0.3) is 0 Å². The summed E-state index contributed by atoms with van der Waals surface area (Å²) in [6, 6.07) is 2.23. The molecule has 0 aromatic carbocycles. The number of aromatic amines is 1. The van der Waals surface area contributed by atoms with Crippen LogP contribution in [0.1, 0.15) is 25.1 Å². The topological polar surface area (TPSA) is 39.3 Å². The van der Waals surface area contributed by atoms with Gasteiger partial charge in [-0.05, 0) is 25.5 Å². The molecule has 0 saturated carbocycles. The number of nitrogens with zero attached hydrogens (tertiary/aromatic N) is 2. The maximum absolute atomic E-state index is 12.1. The van der Waals surface area contributed by atoms with E-state index in [0.29, 0.717) is 0 Å². The fraction of sp³-hybridized carbons (Fsp3) is 0.583. The van der Waals surface area contributed by atoms with Gasteiger partial charge < -0.3 is 14.8 Å². The van der Waals surface area contributed by atoms with Crippen molar-refractivity contribution >= 4 is 6.03 Å². The molecular formula is C12H19N3O. The average molecular weight is 221 g/mol. The Bertz CT molecular complexity index is 368. The third-order valence-corrected chi connectivity index (χ3v) is 3.23. The number of fused-ring (bicyclic) bond motifs is 1. The number of hydrogen-bond donors (Lipinski definition) is 1. The first-order valence-corrected chi connectivity index (χ1v) is 5.95. The van der Waals surface area contributed by atoms with Gasteiger partial charge in [-0.2, -0.15) is 0 Å². The molecule has 1 N–H and O–H groups in total. The Labute approximate surface area is 96.2 Å². The molecule has 1 aromatic heterocycles. The second kappa shape index (κ2) is 4.60. The van der Waals surface area contributed by atoms with E-state index in [2.05, 4.69) is 11.1 Å². The Morgan fingerprint density at radius 1 is 1.50 bits per heavy atom. The van der Waals surface area contributed by atoms with Gasteiger partial charge in [0.15, 0.2) is 0 Å². The minimum absolute atomic E-state index is 0.164. The van der Waals surface area contributed by atoms with Crippen LogP contribution in [0.3, 0.4) is 0 Å². The monoisotopic (exact) mass is 221 g/mol. The molecule has 2 heterocycles. The van der Waals surface area contributed by atoms with E-state index in [9.17, 15) is 4.79 Å². The van der Waals surface area contributed by atoms with Gasteiger partial charge in [0.05, 0.1) is 0 Å². The number of aromatic nitrogens is 1. The van der Waals surface area contributed by atoms with Gasteiger partial charge >= 0.3 is 6.03 Å². The Morgan fingerprint density at radius 2 is 2.25 bits per heavy atom. The van der Waals surface area contributed by atoms with Crippen LogP contribution in [0.15, 0.2) is 12.3 Å². The molecule has 0 bridgehead atoms. The summed E-state index contributed by atoms with van der Waals surface area (Å²) < 4.78 is 0. The van der Waals surface area contributed by atoms with Gasteiger partial charge in [0, 0.05) is 44.5 Å². The second-order valence-corrected chi connectivity index (χ2v) is 4.11. The largest absolute Gasteiger partial charge is 0.365 e. The van der Waals surface area contributed by atoms with Crippen LogP contribution in [0.4, 0.5) is 4.79 Å². The van der Waals surface area contributed by atoms with Crippen LogP contribution >= 0.6 is 0 Å². The Balaban J connectivity index is 2.05. The maximum atomic E-state index is 12.1. The molecular weight excluding hydrogens is 202 g/mol. The minimum Gasteiger partial charge on any atom is -0.365 e. The zero-order chi connectivity index (χ0) is 11.5. The van der Waals surface area contributed by atoms with Crippen molar-refractivity contribution < 1.29 is 4.79 Å². The first-order chi connectivity index (χ1) is 7.76. The lowest BCUT2D eigenvalue weighted by Gasteiger charge is -2.32. The van der Waals surface area contributed by atoms with E-state index < -0.39 is 0 Å². The number of rotatable bonds is 2. The summed E-state index contributed by atoms with van der Waals surface area (Å²) in [5.41, 5.74) is 2.54. The number of amides is 2. The van der Waals surface area contributed by atoms with E-state index in [1.54, 1.807) is 0 Å². The lowest BCUT2D eigenvalue weighted by Crippen LogP contribution is -2.45. The van der Waals surface area contributed by atoms with Gasteiger partial charge in [-0.3, -0.25) is 0 Å². The van der Waals surface area contributed by atoms with Crippen molar-refractivity contribution in [2.75, 3.05) is 19.6 Å². The highest BCUT2D eigenvalue weighted by Crippen LogP contribution is 2.18. The normalized spacial score (nSPS) is 14.8. The molecule has 0 aliphatic carbocycles. The van der Waals surface area contributed by atoms with Crippen LogP contribution in [-0.2, 0) is 13.0 Å². The molecule has 1 aliphatic heterocycles. The van der Waals surface area contributed by atoms with Gasteiger partial charge in [-0.1, -0.05) is 0 Å². The van der Waals surface area contributed by atoms with Gasteiger partial charge in [-0.25, -0.2) is 4.79 Å². The summed E-state index contributed by atoms with van der Waals surface area (Å²) in [6.07, 6.45) is 2.89. The molecule has 0 spiro atoms. The molecule has 4 nitrogen and oxygen atoms in total. The smallest absolute Gasteiger partial charge is 0.320 e. The minimum atomic E-state index is 0.164. The average Bonchev–Trinajstić information content (AvgIpc) is 2.77. The van der Waals surface area contributed by atoms with Gasteiger partial charge in [-0.15, -0.1) is 0 Å². The molecule has 0 unspecified atom stereocenters. The summed E-state index contributed by atoms with van der Waals surface area (Å²) in [5, 5.41) is 0. The zero-order valence-corrected chi connectivity index (χ0v) is 9.99. The van der Waals surface area contributed by atoms with Crippen molar-refractivity contribution in [1.82, 2.24) is 14.8 Å². The van der Waals surface area contributed by atoms with Crippen LogP contribution < -0.4 is 0 Å². The number of urea groups is 1. The van der Waals surface area contributed by atoms with Crippen LogP contribution in [0.5, 0.6) is 0 Å². The lowest BCUT2D eigenvalue weighted by molar-refractivity contribution is 0.152. The maximum Gasteiger partial charge on any atom is 0.320 e. The van der Waals surface area contributed by atoms with Crippen molar-refractivity contribution in [2.45, 2.75) is 26.8 Å². The molecule has 1 aromatic rings. The lowest BCUT2D eigenvalue weighted by atomic mass is 10.1. The first kappa shape index (κ1) is 11.0. The van der Waals surface area contributed by atoms with E-state index >= 15 is 0 Å². The fourth-order valence-electron chi connectivity index (χ4n) is 2.21. The van der Waals surface area contributed by atoms with Crippen molar-refractivity contribution in [3.05, 3.63) is 23.5 Å². The van der Waals surface area contributed by atoms with Crippen LogP contribution in [0.2, 0.25) is 0 Å². The predicted octanol–water partition coefficient (Wildman–Crippen LogP) is 1.83. The highest BCUT2D eigenvalue weighted by Gasteiger charge is 2.23. The molecule has 2 rings (SSSR count). The summed E-state index contributed by atoms with van der Waals surface area (Å²) in [6.45, 7) is 7.18. The van der Waals surface area contributed by atoms with E-state index in [0.717, 1.165) is 32.6 Å². The Morgan fingerprint density at radius 3 is 2.94 bits per heavy atom. The van der Waals surface area contributed by atoms with E-state index in [-0.39, 0.29) is 6.03 Å². The summed E-state index contributed by atoms with van der Waals surface area (Å²) in [7, 11) is 0. The molecule has 0 radical (unpaired) electrons. The van der Waals surface area contributed by atoms with Crippen molar-refractivity contribution in [1.29, 1.82) is 0 Å². The van der Waals surface area contributed by atoms with Crippen LogP contribution in [0, 0.1) is 0 Å². The molecule has 4 heteroatoms. The molecule has 0 fully saturated rings. The molecule has 0 atom stereocenters. The van der Waals surface area contributed by atoms with Gasteiger partial charge in [0.25, 0.3) is 0 Å². The SMILES string of the molecule is CCN(CC)C(=O)N1CCc2[nH]ccc2C1. The molecule has 1 aliphatic rings. The highest BCUT2D eigenvalue weighted by molar-refractivity contribution is 5.74. The number of hydrogen-bond acceptors (Lipinski definition) is 1. The van der Waals surface area contributed by atoms with Gasteiger partial charge in [0.1, 0.15) is 0 Å².